The normalized spacial score (nSPS) is 15.7. The van der Waals surface area contributed by atoms with Crippen molar-refractivity contribution in [3.63, 3.8) is 0 Å². The van der Waals surface area contributed by atoms with Crippen molar-refractivity contribution in [2.24, 2.45) is 5.73 Å². The van der Waals surface area contributed by atoms with Gasteiger partial charge in [0.15, 0.2) is 11.6 Å². The van der Waals surface area contributed by atoms with Crippen LogP contribution in [0, 0.1) is 5.82 Å². The highest BCUT2D eigenvalue weighted by Gasteiger charge is 2.25. The van der Waals surface area contributed by atoms with Crippen molar-refractivity contribution in [2.45, 2.75) is 13.0 Å². The van der Waals surface area contributed by atoms with Gasteiger partial charge >= 0.3 is 0 Å². The van der Waals surface area contributed by atoms with Crippen molar-refractivity contribution >= 4 is 15.9 Å². The second-order valence-corrected chi connectivity index (χ2v) is 3.96. The number of halogens is 2. The topological polar surface area (TPSA) is 44.5 Å². The van der Waals surface area contributed by atoms with E-state index in [0.717, 1.165) is 0 Å². The van der Waals surface area contributed by atoms with Crippen LogP contribution in [0.1, 0.15) is 18.5 Å². The number of fused-ring (bicyclic) bond motifs is 1. The highest BCUT2D eigenvalue weighted by atomic mass is 79.9. The van der Waals surface area contributed by atoms with E-state index in [-0.39, 0.29) is 18.6 Å². The molecule has 0 saturated heterocycles. The predicted molar refractivity (Wildman–Crippen MR) is 52.8 cm³/mol. The molecule has 0 aromatic heterocycles. The summed E-state index contributed by atoms with van der Waals surface area (Å²) >= 11 is 3.25. The molecule has 0 bridgehead atoms. The van der Waals surface area contributed by atoms with E-state index >= 15 is 0 Å². The molecule has 14 heavy (non-hydrogen) atoms. The zero-order valence-corrected chi connectivity index (χ0v) is 9.10. The molecule has 2 N–H and O–H groups in total. The lowest BCUT2D eigenvalue weighted by Crippen LogP contribution is -2.08. The molecule has 0 amide bonds. The fraction of sp³-hybridized carbons (Fsp3) is 0.333. The van der Waals surface area contributed by atoms with Crippen molar-refractivity contribution < 1.29 is 13.9 Å². The van der Waals surface area contributed by atoms with Gasteiger partial charge in [0.2, 0.25) is 12.5 Å². The fourth-order valence-corrected chi connectivity index (χ4v) is 2.15. The van der Waals surface area contributed by atoms with Gasteiger partial charge < -0.3 is 15.2 Å². The molecule has 1 heterocycles. The zero-order chi connectivity index (χ0) is 10.3. The quantitative estimate of drug-likeness (QED) is 0.844. The van der Waals surface area contributed by atoms with E-state index in [1.54, 1.807) is 13.0 Å². The largest absolute Gasteiger partial charge is 0.453 e. The van der Waals surface area contributed by atoms with Gasteiger partial charge in [0, 0.05) is 16.1 Å². The average Bonchev–Trinajstić information content (AvgIpc) is 2.50. The van der Waals surface area contributed by atoms with Gasteiger partial charge in [-0.2, -0.15) is 0 Å². The van der Waals surface area contributed by atoms with Crippen molar-refractivity contribution in [2.75, 3.05) is 6.79 Å². The average molecular weight is 262 g/mol. The maximum atomic E-state index is 13.8. The maximum absolute atomic E-state index is 13.8. The molecule has 1 unspecified atom stereocenters. The molecule has 0 aliphatic carbocycles. The van der Waals surface area contributed by atoms with E-state index in [2.05, 4.69) is 15.9 Å². The summed E-state index contributed by atoms with van der Waals surface area (Å²) in [5, 5.41) is 0. The summed E-state index contributed by atoms with van der Waals surface area (Å²) in [6.07, 6.45) is 0. The van der Waals surface area contributed by atoms with Crippen LogP contribution in [0.2, 0.25) is 0 Å². The first-order chi connectivity index (χ1) is 6.61. The maximum Gasteiger partial charge on any atom is 0.231 e. The van der Waals surface area contributed by atoms with Crippen LogP contribution in [-0.4, -0.2) is 6.79 Å². The molecule has 0 radical (unpaired) electrons. The van der Waals surface area contributed by atoms with Gasteiger partial charge in [0.1, 0.15) is 0 Å². The van der Waals surface area contributed by atoms with E-state index < -0.39 is 5.82 Å². The van der Waals surface area contributed by atoms with Crippen LogP contribution in [0.25, 0.3) is 0 Å². The molecule has 1 atom stereocenters. The number of ether oxygens (including phenoxy) is 2. The number of benzene rings is 1. The smallest absolute Gasteiger partial charge is 0.231 e. The minimum absolute atomic E-state index is 0.0566. The van der Waals surface area contributed by atoms with Gasteiger partial charge in [-0.25, -0.2) is 4.39 Å². The Labute approximate surface area is 89.1 Å². The number of rotatable bonds is 1. The minimum Gasteiger partial charge on any atom is -0.453 e. The molecule has 1 aliphatic heterocycles. The number of hydrogen-bond donors (Lipinski definition) is 1. The Hall–Kier alpha value is -0.810. The molecular formula is C9H9BrFNO2. The third kappa shape index (κ3) is 1.36. The van der Waals surface area contributed by atoms with Gasteiger partial charge in [-0.3, -0.25) is 0 Å². The van der Waals surface area contributed by atoms with Crippen LogP contribution < -0.4 is 15.2 Å². The first kappa shape index (κ1) is 9.73. The van der Waals surface area contributed by atoms with E-state index in [4.69, 9.17) is 15.2 Å². The summed E-state index contributed by atoms with van der Waals surface area (Å²) < 4.78 is 24.4. The fourth-order valence-electron chi connectivity index (χ4n) is 1.40. The SMILES string of the molecule is CC(N)c1c(Br)cc2c(c1F)OCO2. The van der Waals surface area contributed by atoms with E-state index in [1.165, 1.54) is 0 Å². The molecule has 1 aliphatic rings. The minimum atomic E-state index is -0.443. The predicted octanol–water partition coefficient (Wildman–Crippen LogP) is 2.34. The first-order valence-electron chi connectivity index (χ1n) is 4.14. The van der Waals surface area contributed by atoms with E-state index in [1.807, 2.05) is 0 Å². The van der Waals surface area contributed by atoms with Crippen molar-refractivity contribution in [1.29, 1.82) is 0 Å². The molecule has 0 spiro atoms. The summed E-state index contributed by atoms with van der Waals surface area (Å²) in [6.45, 7) is 1.77. The van der Waals surface area contributed by atoms with Crippen molar-refractivity contribution in [3.8, 4) is 11.5 Å². The second kappa shape index (κ2) is 3.40. The van der Waals surface area contributed by atoms with Crippen LogP contribution in [0.3, 0.4) is 0 Å². The summed E-state index contributed by atoms with van der Waals surface area (Å²) in [4.78, 5) is 0. The van der Waals surface area contributed by atoms with Gasteiger partial charge in [-0.1, -0.05) is 15.9 Å². The van der Waals surface area contributed by atoms with Gasteiger partial charge in [-0.05, 0) is 13.0 Å². The molecule has 0 fully saturated rings. The Bertz CT molecular complexity index is 382. The molecule has 76 valence electrons. The van der Waals surface area contributed by atoms with E-state index in [0.29, 0.717) is 15.8 Å². The molecule has 2 rings (SSSR count). The van der Waals surface area contributed by atoms with Crippen LogP contribution in [0.15, 0.2) is 10.5 Å². The molecule has 5 heteroatoms. The van der Waals surface area contributed by atoms with Crippen LogP contribution in [-0.2, 0) is 0 Å². The molecule has 0 saturated carbocycles. The van der Waals surface area contributed by atoms with E-state index in [9.17, 15) is 4.39 Å². The third-order valence-corrected chi connectivity index (χ3v) is 2.70. The number of hydrogen-bond acceptors (Lipinski definition) is 3. The lowest BCUT2D eigenvalue weighted by Gasteiger charge is -2.11. The monoisotopic (exact) mass is 261 g/mol. The second-order valence-electron chi connectivity index (χ2n) is 3.11. The Kier molecular flexibility index (Phi) is 2.36. The van der Waals surface area contributed by atoms with Crippen molar-refractivity contribution in [1.82, 2.24) is 0 Å². The highest BCUT2D eigenvalue weighted by Crippen LogP contribution is 2.41. The summed E-state index contributed by atoms with van der Waals surface area (Å²) in [5.74, 6) is 0.126. The molecule has 1 aromatic rings. The van der Waals surface area contributed by atoms with Crippen LogP contribution >= 0.6 is 15.9 Å². The summed E-state index contributed by atoms with van der Waals surface area (Å²) in [5.41, 5.74) is 6.05. The lowest BCUT2D eigenvalue weighted by atomic mass is 10.1. The van der Waals surface area contributed by atoms with Gasteiger partial charge in [0.05, 0.1) is 0 Å². The Morgan fingerprint density at radius 2 is 2.29 bits per heavy atom. The number of nitrogens with two attached hydrogens (primary N) is 1. The van der Waals surface area contributed by atoms with Gasteiger partial charge in [0.25, 0.3) is 0 Å². The summed E-state index contributed by atoms with van der Waals surface area (Å²) in [6, 6.07) is 1.28. The Morgan fingerprint density at radius 1 is 1.57 bits per heavy atom. The standard InChI is InChI=1S/C9H9BrFNO2/c1-4(12)7-5(10)2-6-9(8(7)11)14-3-13-6/h2,4H,3,12H2,1H3. The Balaban J connectivity index is 2.62. The first-order valence-corrected chi connectivity index (χ1v) is 4.93. The van der Waals surface area contributed by atoms with Crippen LogP contribution in [0.5, 0.6) is 11.5 Å². The third-order valence-electron chi connectivity index (χ3n) is 2.05. The molecule has 1 aromatic carbocycles. The zero-order valence-electron chi connectivity index (χ0n) is 7.51. The molecular weight excluding hydrogens is 253 g/mol. The summed E-state index contributed by atoms with van der Waals surface area (Å²) in [7, 11) is 0. The Morgan fingerprint density at radius 3 is 2.93 bits per heavy atom. The highest BCUT2D eigenvalue weighted by molar-refractivity contribution is 9.10. The lowest BCUT2D eigenvalue weighted by molar-refractivity contribution is 0.170. The van der Waals surface area contributed by atoms with Crippen molar-refractivity contribution in [3.05, 3.63) is 21.9 Å². The van der Waals surface area contributed by atoms with Gasteiger partial charge in [-0.15, -0.1) is 0 Å². The molecule has 3 nitrogen and oxygen atoms in total. The van der Waals surface area contributed by atoms with Crippen LogP contribution in [0.4, 0.5) is 4.39 Å².